The predicted molar refractivity (Wildman–Crippen MR) is 73.9 cm³/mol. The zero-order valence-corrected chi connectivity index (χ0v) is 12.5. The normalized spacial score (nSPS) is 12.0. The predicted octanol–water partition coefficient (Wildman–Crippen LogP) is 2.52. The molecule has 0 aliphatic rings. The number of nitriles is 1. The molecular weight excluding hydrogens is 335 g/mol. The lowest BCUT2D eigenvalue weighted by molar-refractivity contribution is -0.274. The lowest BCUT2D eigenvalue weighted by Gasteiger charge is -2.10. The standard InChI is InChI=1S/C13H10F3N3O3S/c1-2-23(20,21)19-8-10(7-18-19)12-5-11(22-13(14,15)16)4-3-9(12)6-17/h3-5,7-8H,2H2,1H3. The van der Waals surface area contributed by atoms with E-state index < -0.39 is 22.1 Å². The second-order valence-corrected chi connectivity index (χ2v) is 6.48. The Balaban J connectivity index is 2.50. The summed E-state index contributed by atoms with van der Waals surface area (Å²) in [7, 11) is -3.63. The van der Waals surface area contributed by atoms with E-state index in [1.165, 1.54) is 6.92 Å². The molecule has 0 saturated carbocycles. The van der Waals surface area contributed by atoms with Gasteiger partial charge in [-0.05, 0) is 25.1 Å². The number of ether oxygens (including phenoxy) is 1. The van der Waals surface area contributed by atoms with Gasteiger partial charge in [-0.15, -0.1) is 13.2 Å². The highest BCUT2D eigenvalue weighted by Crippen LogP contribution is 2.30. The number of rotatable bonds is 4. The van der Waals surface area contributed by atoms with Crippen molar-refractivity contribution in [2.75, 3.05) is 5.75 Å². The van der Waals surface area contributed by atoms with Gasteiger partial charge in [-0.2, -0.15) is 14.4 Å². The topological polar surface area (TPSA) is 85.0 Å². The summed E-state index contributed by atoms with van der Waals surface area (Å²) in [5, 5.41) is 12.7. The molecular formula is C13H10F3N3O3S. The SMILES string of the molecule is CCS(=O)(=O)n1cc(-c2cc(OC(F)(F)F)ccc2C#N)cn1. The van der Waals surface area contributed by atoms with Crippen molar-refractivity contribution >= 4 is 10.0 Å². The molecule has 0 bridgehead atoms. The first kappa shape index (κ1) is 16.8. The monoisotopic (exact) mass is 345 g/mol. The van der Waals surface area contributed by atoms with E-state index in [0.717, 1.165) is 30.6 Å². The van der Waals surface area contributed by atoms with Crippen LogP contribution in [0.5, 0.6) is 5.75 Å². The molecule has 0 N–H and O–H groups in total. The van der Waals surface area contributed by atoms with Crippen molar-refractivity contribution in [1.29, 1.82) is 5.26 Å². The zero-order chi connectivity index (χ0) is 17.3. The number of benzene rings is 1. The highest BCUT2D eigenvalue weighted by molar-refractivity contribution is 7.89. The van der Waals surface area contributed by atoms with Gasteiger partial charge in [0.15, 0.2) is 0 Å². The number of alkyl halides is 3. The minimum absolute atomic E-state index is 0.0629. The molecule has 0 unspecified atom stereocenters. The van der Waals surface area contributed by atoms with Crippen LogP contribution in [0.25, 0.3) is 11.1 Å². The summed E-state index contributed by atoms with van der Waals surface area (Å²) in [6, 6.07) is 4.99. The number of nitrogens with zero attached hydrogens (tertiary/aromatic N) is 3. The minimum atomic E-state index is -4.87. The average Bonchev–Trinajstić information content (AvgIpc) is 2.96. The van der Waals surface area contributed by atoms with E-state index in [1.54, 1.807) is 0 Å². The molecule has 1 aromatic carbocycles. The Labute approximate surface area is 129 Å². The third kappa shape index (κ3) is 3.81. The number of hydrogen-bond acceptors (Lipinski definition) is 5. The Morgan fingerprint density at radius 3 is 2.65 bits per heavy atom. The van der Waals surface area contributed by atoms with Gasteiger partial charge < -0.3 is 4.74 Å². The molecule has 0 amide bonds. The Morgan fingerprint density at radius 2 is 2.09 bits per heavy atom. The van der Waals surface area contributed by atoms with Gasteiger partial charge in [-0.3, -0.25) is 0 Å². The molecule has 0 spiro atoms. The second-order valence-electron chi connectivity index (χ2n) is 4.37. The molecule has 0 aliphatic carbocycles. The number of hydrogen-bond donors (Lipinski definition) is 0. The van der Waals surface area contributed by atoms with E-state index in [2.05, 4.69) is 9.84 Å². The molecule has 10 heteroatoms. The first-order chi connectivity index (χ1) is 10.7. The Morgan fingerprint density at radius 1 is 1.39 bits per heavy atom. The maximum Gasteiger partial charge on any atom is 0.573 e. The molecule has 1 heterocycles. The highest BCUT2D eigenvalue weighted by Gasteiger charge is 2.31. The van der Waals surface area contributed by atoms with Crippen LogP contribution >= 0.6 is 0 Å². The van der Waals surface area contributed by atoms with Gasteiger partial charge in [-0.25, -0.2) is 8.42 Å². The summed E-state index contributed by atoms with van der Waals surface area (Å²) in [6.45, 7) is 1.43. The van der Waals surface area contributed by atoms with Crippen LogP contribution < -0.4 is 4.74 Å². The van der Waals surface area contributed by atoms with E-state index in [4.69, 9.17) is 5.26 Å². The van der Waals surface area contributed by atoms with Gasteiger partial charge in [0, 0.05) is 11.1 Å². The van der Waals surface area contributed by atoms with Crippen molar-refractivity contribution in [1.82, 2.24) is 9.19 Å². The van der Waals surface area contributed by atoms with Crippen molar-refractivity contribution < 1.29 is 26.3 Å². The molecule has 6 nitrogen and oxygen atoms in total. The van der Waals surface area contributed by atoms with Crippen LogP contribution in [0.3, 0.4) is 0 Å². The summed E-state index contributed by atoms with van der Waals surface area (Å²) < 4.78 is 64.8. The molecule has 0 radical (unpaired) electrons. The van der Waals surface area contributed by atoms with Crippen molar-refractivity contribution in [3.8, 4) is 22.9 Å². The van der Waals surface area contributed by atoms with Crippen LogP contribution in [0.1, 0.15) is 12.5 Å². The van der Waals surface area contributed by atoms with E-state index >= 15 is 0 Å². The largest absolute Gasteiger partial charge is 0.573 e. The zero-order valence-electron chi connectivity index (χ0n) is 11.7. The number of halogens is 3. The summed E-state index contributed by atoms with van der Waals surface area (Å²) in [6.07, 6.45) is -2.59. The quantitative estimate of drug-likeness (QED) is 0.850. The van der Waals surface area contributed by atoms with Crippen LogP contribution in [0.2, 0.25) is 0 Å². The maximum absolute atomic E-state index is 12.3. The first-order valence-corrected chi connectivity index (χ1v) is 7.85. The van der Waals surface area contributed by atoms with E-state index in [-0.39, 0.29) is 22.4 Å². The van der Waals surface area contributed by atoms with E-state index in [0.29, 0.717) is 4.09 Å². The lowest BCUT2D eigenvalue weighted by Crippen LogP contribution is -2.17. The molecule has 23 heavy (non-hydrogen) atoms. The van der Waals surface area contributed by atoms with Gasteiger partial charge in [0.2, 0.25) is 0 Å². The first-order valence-electron chi connectivity index (χ1n) is 6.24. The van der Waals surface area contributed by atoms with Crippen LogP contribution in [0.15, 0.2) is 30.6 Å². The molecule has 2 aromatic rings. The molecule has 0 atom stereocenters. The van der Waals surface area contributed by atoms with Gasteiger partial charge in [0.25, 0.3) is 10.0 Å². The third-order valence-electron chi connectivity index (χ3n) is 2.87. The smallest absolute Gasteiger partial charge is 0.406 e. The summed E-state index contributed by atoms with van der Waals surface area (Å²) in [5.41, 5.74) is 0.339. The average molecular weight is 345 g/mol. The van der Waals surface area contributed by atoms with Crippen LogP contribution in [-0.2, 0) is 10.0 Å². The van der Waals surface area contributed by atoms with Crippen molar-refractivity contribution in [2.24, 2.45) is 0 Å². The Hall–Kier alpha value is -2.54. The Kier molecular flexibility index (Phi) is 4.33. The van der Waals surface area contributed by atoms with Crippen molar-refractivity contribution in [2.45, 2.75) is 13.3 Å². The van der Waals surface area contributed by atoms with Crippen LogP contribution in [0.4, 0.5) is 13.2 Å². The molecule has 0 aliphatic heterocycles. The lowest BCUT2D eigenvalue weighted by atomic mass is 10.0. The highest BCUT2D eigenvalue weighted by atomic mass is 32.2. The number of aromatic nitrogens is 2. The summed E-state index contributed by atoms with van der Waals surface area (Å²) >= 11 is 0. The van der Waals surface area contributed by atoms with Crippen LogP contribution in [0, 0.1) is 11.3 Å². The third-order valence-corrected chi connectivity index (χ3v) is 4.37. The molecule has 1 aromatic heterocycles. The van der Waals surface area contributed by atoms with Gasteiger partial charge >= 0.3 is 6.36 Å². The molecule has 122 valence electrons. The van der Waals surface area contributed by atoms with E-state index in [1.807, 2.05) is 6.07 Å². The summed E-state index contributed by atoms with van der Waals surface area (Å²) in [5.74, 6) is -0.714. The van der Waals surface area contributed by atoms with E-state index in [9.17, 15) is 21.6 Å². The fourth-order valence-corrected chi connectivity index (χ4v) is 2.51. The Bertz CT molecular complexity index is 867. The molecule has 0 saturated heterocycles. The maximum atomic E-state index is 12.3. The van der Waals surface area contributed by atoms with Gasteiger partial charge in [0.1, 0.15) is 5.75 Å². The van der Waals surface area contributed by atoms with Gasteiger partial charge in [0.05, 0.1) is 29.8 Å². The fourth-order valence-electron chi connectivity index (χ4n) is 1.79. The fraction of sp³-hybridized carbons (Fsp3) is 0.231. The summed E-state index contributed by atoms with van der Waals surface area (Å²) in [4.78, 5) is 0. The molecule has 0 fully saturated rings. The van der Waals surface area contributed by atoms with Crippen LogP contribution in [-0.4, -0.2) is 29.7 Å². The van der Waals surface area contributed by atoms with Crippen molar-refractivity contribution in [3.05, 3.63) is 36.2 Å². The minimum Gasteiger partial charge on any atom is -0.406 e. The van der Waals surface area contributed by atoms with Crippen molar-refractivity contribution in [3.63, 3.8) is 0 Å². The van der Waals surface area contributed by atoms with Gasteiger partial charge in [-0.1, -0.05) is 0 Å². The molecule has 2 rings (SSSR count). The second kappa shape index (κ2) is 5.92.